The van der Waals surface area contributed by atoms with Gasteiger partial charge in [0.05, 0.1) is 0 Å². The molecule has 1 aromatic rings. The number of esters is 1. The van der Waals surface area contributed by atoms with E-state index in [9.17, 15) is 4.79 Å². The first kappa shape index (κ1) is 22.5. The van der Waals surface area contributed by atoms with Crippen molar-refractivity contribution in [1.29, 1.82) is 0 Å². The van der Waals surface area contributed by atoms with Gasteiger partial charge in [0.25, 0.3) is 0 Å². The van der Waals surface area contributed by atoms with Crippen molar-refractivity contribution in [3.8, 4) is 0 Å². The lowest BCUT2D eigenvalue weighted by Gasteiger charge is -2.22. The average Bonchev–Trinajstić information content (AvgIpc) is 2.52. The number of carbonyl (C=O) groups is 1. The molecule has 0 aliphatic rings. The molecule has 1 atom stereocenters. The number of benzene rings is 1. The van der Waals surface area contributed by atoms with Crippen molar-refractivity contribution >= 4 is 45.6 Å². The molecule has 0 fully saturated rings. The Hall–Kier alpha value is -0.530. The lowest BCUT2D eigenvalue weighted by atomic mass is 10.0. The van der Waals surface area contributed by atoms with Crippen LogP contribution in [0.5, 0.6) is 0 Å². The topological polar surface area (TPSA) is 52.3 Å². The van der Waals surface area contributed by atoms with Crippen LogP contribution in [0, 0.1) is 3.57 Å². The predicted molar refractivity (Wildman–Crippen MR) is 117 cm³/mol. The molecule has 140 valence electrons. The normalized spacial score (nSPS) is 12.7. The Morgan fingerprint density at radius 1 is 1.16 bits per heavy atom. The summed E-state index contributed by atoms with van der Waals surface area (Å²) in [5.74, 6) is -0.305. The molecule has 0 saturated carbocycles. The van der Waals surface area contributed by atoms with Crippen LogP contribution >= 0.6 is 34.8 Å². The van der Waals surface area contributed by atoms with Crippen LogP contribution in [0.25, 0.3) is 0 Å². The largest absolute Gasteiger partial charge is 0.459 e. The van der Waals surface area contributed by atoms with Gasteiger partial charge in [-0.05, 0) is 98.0 Å². The van der Waals surface area contributed by atoms with E-state index in [-0.39, 0.29) is 5.97 Å². The molecule has 0 saturated heterocycles. The SMILES string of the molecule is CC(C)(C)OC(=O)[C@@H](N)CCCCCC(=S)CCc1ccc(I)cc1. The molecule has 0 aromatic heterocycles. The summed E-state index contributed by atoms with van der Waals surface area (Å²) in [6.45, 7) is 5.57. The molecule has 0 aliphatic heterocycles. The third-order valence-corrected chi connectivity index (χ3v) is 4.91. The van der Waals surface area contributed by atoms with Gasteiger partial charge in [0.1, 0.15) is 11.6 Å². The molecule has 5 heteroatoms. The fourth-order valence-electron chi connectivity index (χ4n) is 2.42. The Morgan fingerprint density at radius 2 is 1.80 bits per heavy atom. The molecule has 0 radical (unpaired) electrons. The predicted octanol–water partition coefficient (Wildman–Crippen LogP) is 5.21. The monoisotopic (exact) mass is 475 g/mol. The van der Waals surface area contributed by atoms with E-state index in [0.717, 1.165) is 43.4 Å². The van der Waals surface area contributed by atoms with Crippen LogP contribution in [0.4, 0.5) is 0 Å². The Labute approximate surface area is 171 Å². The van der Waals surface area contributed by atoms with Gasteiger partial charge >= 0.3 is 5.97 Å². The number of hydrogen-bond donors (Lipinski definition) is 1. The second kappa shape index (κ2) is 11.2. The summed E-state index contributed by atoms with van der Waals surface area (Å²) < 4.78 is 6.55. The lowest BCUT2D eigenvalue weighted by molar-refractivity contribution is -0.156. The highest BCUT2D eigenvalue weighted by Crippen LogP contribution is 2.13. The minimum Gasteiger partial charge on any atom is -0.459 e. The van der Waals surface area contributed by atoms with Gasteiger partial charge in [-0.15, -0.1) is 0 Å². The number of thiocarbonyl (C=S) groups is 1. The van der Waals surface area contributed by atoms with E-state index in [2.05, 4.69) is 46.9 Å². The standard InChI is InChI=1S/C20H30INO2S/c1-20(2,3)24-19(23)18(22)8-6-4-5-7-17(25)14-11-15-9-12-16(21)13-10-15/h9-10,12-13,18H,4-8,11,14,22H2,1-3H3/t18-/m0/s1. The molecule has 0 bridgehead atoms. The average molecular weight is 475 g/mol. The Bertz CT molecular complexity index is 552. The molecule has 0 aliphatic carbocycles. The van der Waals surface area contributed by atoms with Crippen LogP contribution in [0.15, 0.2) is 24.3 Å². The van der Waals surface area contributed by atoms with E-state index >= 15 is 0 Å². The summed E-state index contributed by atoms with van der Waals surface area (Å²) in [4.78, 5) is 12.9. The minimum atomic E-state index is -0.521. The molecule has 0 amide bonds. The van der Waals surface area contributed by atoms with E-state index < -0.39 is 11.6 Å². The van der Waals surface area contributed by atoms with E-state index in [1.54, 1.807) is 0 Å². The molecular weight excluding hydrogens is 445 g/mol. The van der Waals surface area contributed by atoms with Crippen molar-refractivity contribution in [1.82, 2.24) is 0 Å². The van der Waals surface area contributed by atoms with Crippen molar-refractivity contribution in [2.75, 3.05) is 0 Å². The minimum absolute atomic E-state index is 0.305. The van der Waals surface area contributed by atoms with E-state index in [1.165, 1.54) is 9.13 Å². The van der Waals surface area contributed by atoms with E-state index in [1.807, 2.05) is 20.8 Å². The summed E-state index contributed by atoms with van der Waals surface area (Å²) in [6.07, 6.45) is 6.66. The lowest BCUT2D eigenvalue weighted by Crippen LogP contribution is -2.37. The maximum atomic E-state index is 11.8. The van der Waals surface area contributed by atoms with Crippen LogP contribution < -0.4 is 5.73 Å². The van der Waals surface area contributed by atoms with Crippen LogP contribution in [0.2, 0.25) is 0 Å². The number of nitrogens with two attached hydrogens (primary N) is 1. The molecule has 0 unspecified atom stereocenters. The van der Waals surface area contributed by atoms with Gasteiger partial charge in [-0.2, -0.15) is 0 Å². The number of halogens is 1. The second-order valence-corrected chi connectivity index (χ2v) is 9.23. The first-order valence-electron chi connectivity index (χ1n) is 8.92. The molecule has 0 heterocycles. The van der Waals surface area contributed by atoms with Gasteiger partial charge < -0.3 is 10.5 Å². The number of ether oxygens (including phenoxy) is 1. The fraction of sp³-hybridized carbons (Fsp3) is 0.600. The number of aryl methyl sites for hydroxylation is 1. The Kier molecular flexibility index (Phi) is 10.1. The highest BCUT2D eigenvalue weighted by atomic mass is 127. The van der Waals surface area contributed by atoms with Gasteiger partial charge in [-0.25, -0.2) is 0 Å². The smallest absolute Gasteiger partial charge is 0.323 e. The zero-order valence-corrected chi connectivity index (χ0v) is 18.5. The van der Waals surface area contributed by atoms with Gasteiger partial charge in [0.2, 0.25) is 0 Å². The molecule has 1 aromatic carbocycles. The summed E-state index contributed by atoms with van der Waals surface area (Å²) in [6, 6.07) is 8.08. The van der Waals surface area contributed by atoms with Crippen molar-refractivity contribution in [3.05, 3.63) is 33.4 Å². The van der Waals surface area contributed by atoms with E-state index in [0.29, 0.717) is 6.42 Å². The fourth-order valence-corrected chi connectivity index (χ4v) is 3.02. The quantitative estimate of drug-likeness (QED) is 0.218. The van der Waals surface area contributed by atoms with Gasteiger partial charge in [0, 0.05) is 3.57 Å². The second-order valence-electron chi connectivity index (χ2n) is 7.40. The maximum absolute atomic E-state index is 11.8. The highest BCUT2D eigenvalue weighted by molar-refractivity contribution is 14.1. The molecule has 1 rings (SSSR count). The first-order valence-corrected chi connectivity index (χ1v) is 10.4. The third-order valence-electron chi connectivity index (χ3n) is 3.79. The van der Waals surface area contributed by atoms with Crippen LogP contribution in [0.3, 0.4) is 0 Å². The third kappa shape index (κ3) is 10.9. The molecule has 25 heavy (non-hydrogen) atoms. The van der Waals surface area contributed by atoms with Crippen molar-refractivity contribution in [2.24, 2.45) is 5.73 Å². The number of carbonyl (C=O) groups excluding carboxylic acids is 1. The zero-order chi connectivity index (χ0) is 18.9. The molecule has 2 N–H and O–H groups in total. The zero-order valence-electron chi connectivity index (χ0n) is 15.5. The van der Waals surface area contributed by atoms with Crippen LogP contribution in [0.1, 0.15) is 64.9 Å². The highest BCUT2D eigenvalue weighted by Gasteiger charge is 2.21. The molecular formula is C20H30INO2S. The Morgan fingerprint density at radius 3 is 2.40 bits per heavy atom. The molecule has 3 nitrogen and oxygen atoms in total. The van der Waals surface area contributed by atoms with Gasteiger partial charge in [-0.1, -0.05) is 37.2 Å². The summed E-state index contributed by atoms with van der Waals surface area (Å²) in [5, 5.41) is 0. The van der Waals surface area contributed by atoms with Gasteiger partial charge in [-0.3, -0.25) is 4.79 Å². The Balaban J connectivity index is 2.11. The van der Waals surface area contributed by atoms with Crippen molar-refractivity contribution in [2.45, 2.75) is 77.4 Å². The van der Waals surface area contributed by atoms with Crippen molar-refractivity contribution in [3.63, 3.8) is 0 Å². The number of unbranched alkanes of at least 4 members (excludes halogenated alkanes) is 2. The van der Waals surface area contributed by atoms with Crippen molar-refractivity contribution < 1.29 is 9.53 Å². The van der Waals surface area contributed by atoms with Crippen LogP contribution in [-0.4, -0.2) is 22.5 Å². The van der Waals surface area contributed by atoms with Crippen LogP contribution in [-0.2, 0) is 16.0 Å². The summed E-state index contributed by atoms with van der Waals surface area (Å²) in [5.41, 5.74) is 6.75. The maximum Gasteiger partial charge on any atom is 0.323 e. The summed E-state index contributed by atoms with van der Waals surface area (Å²) >= 11 is 7.80. The number of rotatable bonds is 10. The number of hydrogen-bond acceptors (Lipinski definition) is 4. The van der Waals surface area contributed by atoms with Gasteiger partial charge in [0.15, 0.2) is 0 Å². The van der Waals surface area contributed by atoms with E-state index in [4.69, 9.17) is 22.7 Å². The first-order chi connectivity index (χ1) is 11.7. The molecule has 0 spiro atoms. The summed E-state index contributed by atoms with van der Waals surface area (Å²) in [7, 11) is 0.